The van der Waals surface area contributed by atoms with Crippen molar-refractivity contribution in [3.8, 4) is 0 Å². The first-order valence-corrected chi connectivity index (χ1v) is 33.4. The predicted molar refractivity (Wildman–Crippen MR) is 259 cm³/mol. The van der Waals surface area contributed by atoms with E-state index >= 15 is 0 Å². The number of aliphatic carboxylic acids is 2. The molecule has 0 aromatic rings. The molecule has 0 unspecified atom stereocenters. The van der Waals surface area contributed by atoms with Crippen LogP contribution in [-0.4, -0.2) is 317 Å². The van der Waals surface area contributed by atoms with Crippen molar-refractivity contribution in [1.82, 2.24) is 14.8 Å². The van der Waals surface area contributed by atoms with E-state index in [4.69, 9.17) is 51.7 Å². The lowest BCUT2D eigenvalue weighted by molar-refractivity contribution is -0.372. The summed E-state index contributed by atoms with van der Waals surface area (Å²) >= 11 is 0. The molecule has 0 radical (unpaired) electrons. The summed E-state index contributed by atoms with van der Waals surface area (Å²) in [7, 11) is -40.7. The first-order valence-electron chi connectivity index (χ1n) is 23.7. The molecular weight excluding hydrogens is 1400 g/mol. The molecule has 5 heterocycles. The smallest absolute Gasteiger partial charge is 0.397 e. The molecule has 25 atom stereocenters. The van der Waals surface area contributed by atoms with Gasteiger partial charge in [0.1, 0.15) is 85.3 Å². The number of ether oxygens (including phenoxy) is 9. The molecule has 1 amide bonds. The summed E-state index contributed by atoms with van der Waals surface area (Å²) in [5.41, 5.74) is 0. The van der Waals surface area contributed by atoms with Crippen LogP contribution < -0.4 is 14.8 Å². The van der Waals surface area contributed by atoms with Gasteiger partial charge in [-0.05, 0) is 0 Å². The second-order valence-corrected chi connectivity index (χ2v) is 26.7. The van der Waals surface area contributed by atoms with E-state index in [9.17, 15) is 137 Å². The zero-order chi connectivity index (χ0) is 67.8. The van der Waals surface area contributed by atoms with Gasteiger partial charge in [-0.15, -0.1) is 0 Å². The second-order valence-electron chi connectivity index (χ2n) is 19.0. The van der Waals surface area contributed by atoms with E-state index in [0.717, 1.165) is 11.6 Å². The van der Waals surface area contributed by atoms with E-state index in [1.54, 1.807) is 0 Å². The quantitative estimate of drug-likeness (QED) is 0.0324. The molecule has 0 spiro atoms. The number of carbonyl (C=O) groups is 3. The van der Waals surface area contributed by atoms with Crippen molar-refractivity contribution in [3.05, 3.63) is 0 Å². The lowest BCUT2D eigenvalue weighted by Crippen LogP contribution is -2.71. The molecule has 89 heavy (non-hydrogen) atoms. The maximum absolute atomic E-state index is 13.0. The first kappa shape index (κ1) is 76.6. The van der Waals surface area contributed by atoms with Gasteiger partial charge in [0.15, 0.2) is 49.8 Å². The van der Waals surface area contributed by atoms with E-state index in [-0.39, 0.29) is 0 Å². The molecule has 18 N–H and O–H groups in total. The van der Waals surface area contributed by atoms with Crippen LogP contribution in [0, 0.1) is 5.92 Å². The van der Waals surface area contributed by atoms with Gasteiger partial charge in [-0.2, -0.15) is 68.4 Å². The molecule has 0 aromatic heterocycles. The maximum atomic E-state index is 13.0. The van der Waals surface area contributed by atoms with Crippen molar-refractivity contribution in [3.63, 3.8) is 0 Å². The van der Waals surface area contributed by atoms with Gasteiger partial charge in [0, 0.05) is 12.8 Å². The average molecular weight is 1450 g/mol. The third kappa shape index (κ3) is 22.0. The van der Waals surface area contributed by atoms with Gasteiger partial charge in [-0.3, -0.25) is 36.7 Å². The molecule has 0 bridgehead atoms. The molecule has 0 aromatic carbocycles. The third-order valence-electron chi connectivity index (χ3n) is 12.7. The highest BCUT2D eigenvalue weighted by Crippen LogP contribution is 2.39. The SMILES string of the molecule is CC(=O)N[C@H]1[C@@H](O[C@H]2[C@H](O)[C@@H](O)[C@H](O[C@H]3[C@H](OS(=O)(=O)O)[C@@H](NS(=O)(=O)O)[C@@H](O[C@H]4[C@H](O)[C@@H](OS(=O)(=O)O)[C@H](O[C@H]5[C@H](O)[C@@H](NS(=O)(=O)O)[C@H](O)O[C@@H]5COS(=O)(=O)O)O[C@H]4C(=O)O)O[C@@H]3COS(=O)(=O)O)O[C@@H]2C(=O)O)O[C@H](COS(=O)(=O)O)[C@@H](C)[C@@H]1O. The van der Waals surface area contributed by atoms with E-state index in [1.165, 1.54) is 11.6 Å². The van der Waals surface area contributed by atoms with Crippen molar-refractivity contribution in [2.24, 2.45) is 5.92 Å². The molecule has 0 saturated carbocycles. The summed E-state index contributed by atoms with van der Waals surface area (Å²) in [6.07, 6.45) is -58.8. The Morgan fingerprint density at radius 3 is 1.25 bits per heavy atom. The Morgan fingerprint density at radius 1 is 0.404 bits per heavy atom. The fourth-order valence-corrected chi connectivity index (χ4v) is 12.2. The molecular formula is C33H55N3O46S7. The number of rotatable bonds is 28. The van der Waals surface area contributed by atoms with Gasteiger partial charge >= 0.3 is 84.5 Å². The molecule has 5 saturated heterocycles. The minimum Gasteiger partial charge on any atom is -0.479 e. The van der Waals surface area contributed by atoms with Gasteiger partial charge in [-0.25, -0.2) is 30.5 Å². The largest absolute Gasteiger partial charge is 0.479 e. The van der Waals surface area contributed by atoms with Crippen molar-refractivity contribution < 1.29 is 210 Å². The minimum absolute atomic E-state index is 0.878. The lowest BCUT2D eigenvalue weighted by atomic mass is 9.89. The van der Waals surface area contributed by atoms with Crippen molar-refractivity contribution in [1.29, 1.82) is 0 Å². The summed E-state index contributed by atoms with van der Waals surface area (Å²) in [6.45, 7) is -2.62. The van der Waals surface area contributed by atoms with E-state index in [1.807, 2.05) is 0 Å². The van der Waals surface area contributed by atoms with Gasteiger partial charge < -0.3 is 88.8 Å². The fraction of sp³-hybridized carbons (Fsp3) is 0.909. The lowest BCUT2D eigenvalue weighted by Gasteiger charge is -2.50. The van der Waals surface area contributed by atoms with Crippen LogP contribution >= 0.6 is 0 Å². The molecule has 520 valence electrons. The summed E-state index contributed by atoms with van der Waals surface area (Å²) in [4.78, 5) is 38.0. The van der Waals surface area contributed by atoms with Crippen LogP contribution in [0.15, 0.2) is 0 Å². The van der Waals surface area contributed by atoms with E-state index < -0.39 is 263 Å². The summed E-state index contributed by atoms with van der Waals surface area (Å²) < 4.78 is 307. The Balaban J connectivity index is 1.59. The minimum atomic E-state index is -6.30. The normalized spacial score (nSPS) is 39.0. The first-order chi connectivity index (χ1) is 40.3. The van der Waals surface area contributed by atoms with Crippen molar-refractivity contribution in [2.75, 3.05) is 19.8 Å². The Labute approximate surface area is 499 Å². The number of hydrogen-bond donors (Lipinski definition) is 18. The predicted octanol–water partition coefficient (Wildman–Crippen LogP) is -12.4. The van der Waals surface area contributed by atoms with Gasteiger partial charge in [0.05, 0.1) is 32.0 Å². The molecule has 56 heteroatoms. The van der Waals surface area contributed by atoms with Crippen LogP contribution in [0.3, 0.4) is 0 Å². The van der Waals surface area contributed by atoms with Gasteiger partial charge in [0.2, 0.25) is 5.91 Å². The van der Waals surface area contributed by atoms with Gasteiger partial charge in [-0.1, -0.05) is 6.92 Å². The number of aliphatic hydroxyl groups excluding tert-OH is 6. The number of nitrogens with one attached hydrogen (secondary N) is 3. The highest BCUT2D eigenvalue weighted by molar-refractivity contribution is 7.84. The Hall–Kier alpha value is -3.10. The number of carbonyl (C=O) groups excluding carboxylic acids is 1. The highest BCUT2D eigenvalue weighted by atomic mass is 32.3. The Bertz CT molecular complexity index is 3320. The van der Waals surface area contributed by atoms with Gasteiger partial charge in [0.25, 0.3) is 0 Å². The summed E-state index contributed by atoms with van der Waals surface area (Å²) in [5, 5.41) is 90.2. The number of aliphatic hydroxyl groups is 6. The zero-order valence-corrected chi connectivity index (χ0v) is 49.5. The van der Waals surface area contributed by atoms with E-state index in [0.29, 0.717) is 0 Å². The molecule has 0 aliphatic carbocycles. The summed E-state index contributed by atoms with van der Waals surface area (Å²) in [5.74, 6) is -6.96. The number of hydrogen-bond acceptors (Lipinski definition) is 37. The molecule has 5 aliphatic rings. The average Bonchev–Trinajstić information content (AvgIpc) is 0.963. The zero-order valence-electron chi connectivity index (χ0n) is 43.8. The topological polar surface area (TPSA) is 759 Å². The van der Waals surface area contributed by atoms with Crippen LogP contribution in [-0.2, 0) is 151 Å². The van der Waals surface area contributed by atoms with Crippen LogP contribution in [0.1, 0.15) is 13.8 Å². The van der Waals surface area contributed by atoms with E-state index in [2.05, 4.69) is 26.2 Å². The fourth-order valence-electron chi connectivity index (χ4n) is 9.10. The highest BCUT2D eigenvalue weighted by Gasteiger charge is 2.61. The van der Waals surface area contributed by atoms with Crippen LogP contribution in [0.25, 0.3) is 0 Å². The number of amides is 1. The van der Waals surface area contributed by atoms with Crippen molar-refractivity contribution in [2.45, 2.75) is 161 Å². The number of carboxylic acid groups (broad SMARTS) is 2. The Morgan fingerprint density at radius 2 is 0.798 bits per heavy atom. The van der Waals surface area contributed by atoms with Crippen LogP contribution in [0.5, 0.6) is 0 Å². The summed E-state index contributed by atoms with van der Waals surface area (Å²) in [6, 6.07) is -7.56. The molecule has 5 rings (SSSR count). The second kappa shape index (κ2) is 29.3. The van der Waals surface area contributed by atoms with Crippen LogP contribution in [0.4, 0.5) is 0 Å². The molecule has 5 aliphatic heterocycles. The Kier molecular flexibility index (Phi) is 25.2. The third-order valence-corrected chi connectivity index (χ3v) is 16.1. The van der Waals surface area contributed by atoms with Crippen LogP contribution in [0.2, 0.25) is 0 Å². The van der Waals surface area contributed by atoms with Crippen molar-refractivity contribution >= 4 is 90.4 Å². The standard InChI is InChI=1S/C33H55N3O46S7/c1-6-8(3-69-85(54,55)56)73-30(12(14(6)38)34-7(2)37)77-22-16(40)17(41)32(79-25(22)27(43)44)76-20-10(5-71-87(60,61)62)74-31(13(36-84(51,52)53)21(20)81-88(63,64)65)78-23-18(42)24(82-89(66,67)68)33(80-26(23)28(45)46)75-19-9(4-70-86(57,58)59)72-29(47)11(15(19)39)35-83(48,49)50/h6,8-26,29-33,35-36,38-42,47H,3-5H2,1-2H3,(H,34,37)(H,43,44)(H,45,46)(H,48,49,50)(H,51,52,53)(H,54,55,56)(H,57,58,59)(H,60,61,62)(H,63,64,65)(H,66,67,68)/t6-,8-,9-,10-,11-,12-,13-,14+,15-,16-,17-,18+,19-,20-,21-,22+,23+,24-,25+,26-,29-,30-,31-,32-,33-/m1/s1. The monoisotopic (exact) mass is 1450 g/mol. The maximum Gasteiger partial charge on any atom is 0.397 e. The number of carboxylic acids is 2. The molecule has 5 fully saturated rings. The molecule has 49 nitrogen and oxygen atoms in total.